The van der Waals surface area contributed by atoms with Crippen LogP contribution in [0.5, 0.6) is 0 Å². The van der Waals surface area contributed by atoms with Gasteiger partial charge in [-0.2, -0.15) is 0 Å². The number of aliphatic hydroxyl groups is 1. The van der Waals surface area contributed by atoms with Crippen LogP contribution in [0.3, 0.4) is 0 Å². The van der Waals surface area contributed by atoms with E-state index in [2.05, 4.69) is 27.5 Å². The summed E-state index contributed by atoms with van der Waals surface area (Å²) in [5, 5.41) is 23.6. The van der Waals surface area contributed by atoms with Gasteiger partial charge in [-0.15, -0.1) is 11.7 Å². The molecule has 216 valence electrons. The molecule has 12 heteroatoms. The highest BCUT2D eigenvalue weighted by atomic mass is 28.4. The Bertz CT molecular complexity index is 1280. The minimum atomic E-state index is -3.31. The number of ether oxygens (including phenoxy) is 1. The summed E-state index contributed by atoms with van der Waals surface area (Å²) in [5.74, 6) is -0.776. The van der Waals surface area contributed by atoms with E-state index >= 15 is 4.11 Å². The van der Waals surface area contributed by atoms with Gasteiger partial charge in [0.25, 0.3) is 5.91 Å². The molecule has 0 unspecified atom stereocenters. The van der Waals surface area contributed by atoms with Gasteiger partial charge < -0.3 is 29.5 Å². The number of rotatable bonds is 10. The maximum Gasteiger partial charge on any atom is 0.264 e. The van der Waals surface area contributed by atoms with Crippen LogP contribution in [0.4, 0.5) is 15.5 Å². The Morgan fingerprint density at radius 1 is 1.43 bits per heavy atom. The van der Waals surface area contributed by atoms with Crippen molar-refractivity contribution in [2.45, 2.75) is 75.5 Å². The summed E-state index contributed by atoms with van der Waals surface area (Å²) in [5.41, 5.74) is 0.780. The second-order valence-corrected chi connectivity index (χ2v) is 15.4. The van der Waals surface area contributed by atoms with Crippen molar-refractivity contribution in [3.63, 3.8) is 0 Å². The number of aromatic nitrogens is 3. The van der Waals surface area contributed by atoms with E-state index in [9.17, 15) is 14.7 Å². The highest BCUT2D eigenvalue weighted by molar-refractivity contribution is 6.72. The molecule has 10 nitrogen and oxygen atoms in total. The zero-order valence-corrected chi connectivity index (χ0v) is 24.4. The number of halogens is 1. The lowest BCUT2D eigenvalue weighted by Gasteiger charge is -2.31. The second kappa shape index (κ2) is 11.2. The molecule has 40 heavy (non-hydrogen) atoms. The monoisotopic (exact) mass is 570 g/mol. The molecule has 1 aromatic heterocycles. The van der Waals surface area contributed by atoms with Gasteiger partial charge in [0, 0.05) is 55.0 Å². The average molecular weight is 571 g/mol. The van der Waals surface area contributed by atoms with Crippen LogP contribution < -0.4 is 15.5 Å². The molecule has 5 rings (SSSR count). The summed E-state index contributed by atoms with van der Waals surface area (Å²) in [4.78, 5) is 28.7. The van der Waals surface area contributed by atoms with Gasteiger partial charge in [-0.05, 0) is 57.1 Å². The predicted molar refractivity (Wildman–Crippen MR) is 152 cm³/mol. The van der Waals surface area contributed by atoms with Crippen molar-refractivity contribution in [2.75, 3.05) is 29.9 Å². The van der Waals surface area contributed by atoms with E-state index in [0.717, 1.165) is 19.4 Å². The molecule has 3 aliphatic heterocycles. The Morgan fingerprint density at radius 3 is 2.90 bits per heavy atom. The minimum Gasteiger partial charge on any atom is -0.396 e. The molecule has 3 N–H and O–H groups in total. The fourth-order valence-corrected chi connectivity index (χ4v) is 9.32. The molecule has 0 saturated carbocycles. The first-order chi connectivity index (χ1) is 19.1. The van der Waals surface area contributed by atoms with Crippen molar-refractivity contribution in [3.8, 4) is 0 Å². The Morgan fingerprint density at radius 2 is 2.23 bits per heavy atom. The normalized spacial score (nSPS) is 27.9. The van der Waals surface area contributed by atoms with Crippen LogP contribution in [0.2, 0.25) is 18.6 Å². The zero-order valence-electron chi connectivity index (χ0n) is 23.4. The Labute approximate surface area is 235 Å². The molecule has 0 bridgehead atoms. The van der Waals surface area contributed by atoms with Gasteiger partial charge in [0.15, 0.2) is 5.60 Å². The Kier molecular flexibility index (Phi) is 7.97. The number of amides is 2. The third-order valence-electron chi connectivity index (χ3n) is 8.51. The summed E-state index contributed by atoms with van der Waals surface area (Å²) in [6.07, 6.45) is 5.50. The first-order valence-corrected chi connectivity index (χ1v) is 17.0. The van der Waals surface area contributed by atoms with Crippen LogP contribution in [0.1, 0.15) is 37.4 Å². The van der Waals surface area contributed by atoms with Gasteiger partial charge >= 0.3 is 0 Å². The van der Waals surface area contributed by atoms with E-state index in [1.54, 1.807) is 41.0 Å². The van der Waals surface area contributed by atoms with Gasteiger partial charge in [0.05, 0.1) is 23.5 Å². The van der Waals surface area contributed by atoms with Crippen molar-refractivity contribution in [3.05, 3.63) is 48.3 Å². The number of aliphatic hydroxyl groups excluding tert-OH is 1. The maximum absolute atomic E-state index is 16.0. The van der Waals surface area contributed by atoms with Crippen molar-refractivity contribution in [1.29, 1.82) is 0 Å². The topological polar surface area (TPSA) is 122 Å². The van der Waals surface area contributed by atoms with Crippen molar-refractivity contribution in [2.24, 2.45) is 5.92 Å². The first kappa shape index (κ1) is 28.6. The van der Waals surface area contributed by atoms with E-state index in [0.29, 0.717) is 48.6 Å². The lowest BCUT2D eigenvalue weighted by molar-refractivity contribution is -0.145. The van der Waals surface area contributed by atoms with Crippen LogP contribution in [-0.4, -0.2) is 72.2 Å². The average Bonchev–Trinajstić information content (AvgIpc) is 3.68. The number of nitrogens with zero attached hydrogens (tertiary/aromatic N) is 4. The van der Waals surface area contributed by atoms with Gasteiger partial charge in [-0.1, -0.05) is 18.2 Å². The molecule has 3 aliphatic rings. The summed E-state index contributed by atoms with van der Waals surface area (Å²) in [6, 6.07) is 5.21. The van der Waals surface area contributed by atoms with E-state index < -0.39 is 31.6 Å². The fourth-order valence-electron chi connectivity index (χ4n) is 6.78. The number of aryl methyl sites for hydroxylation is 1. The van der Waals surface area contributed by atoms with Gasteiger partial charge in [0.1, 0.15) is 0 Å². The van der Waals surface area contributed by atoms with Crippen LogP contribution in [0, 0.1) is 5.92 Å². The Hall–Kier alpha value is -2.93. The lowest BCUT2D eigenvalue weighted by atomic mass is 9.82. The third kappa shape index (κ3) is 5.02. The van der Waals surface area contributed by atoms with E-state index in [-0.39, 0.29) is 24.5 Å². The summed E-state index contributed by atoms with van der Waals surface area (Å²) < 4.78 is 24.5. The molecule has 1 aromatic carbocycles. The molecule has 2 fully saturated rings. The number of hydrogen-bond donors (Lipinski definition) is 3. The van der Waals surface area contributed by atoms with Crippen molar-refractivity contribution in [1.82, 2.24) is 20.3 Å². The van der Waals surface area contributed by atoms with Crippen LogP contribution in [0.25, 0.3) is 0 Å². The number of carbonyl (C=O) groups excluding carboxylic acids is 2. The molecule has 1 spiro atoms. The van der Waals surface area contributed by atoms with E-state index in [1.807, 2.05) is 19.1 Å². The first-order valence-electron chi connectivity index (χ1n) is 14.1. The van der Waals surface area contributed by atoms with Gasteiger partial charge in [-0.3, -0.25) is 14.3 Å². The molecule has 0 aliphatic carbocycles. The van der Waals surface area contributed by atoms with Gasteiger partial charge in [0.2, 0.25) is 14.3 Å². The maximum atomic E-state index is 16.0. The van der Waals surface area contributed by atoms with Gasteiger partial charge in [-0.25, -0.2) is 0 Å². The molecule has 2 saturated heterocycles. The number of fused-ring (bicyclic) bond motifs is 2. The van der Waals surface area contributed by atoms with E-state index in [4.69, 9.17) is 4.74 Å². The summed E-state index contributed by atoms with van der Waals surface area (Å²) in [6.45, 7) is 10.6. The number of hydrogen-bond acceptors (Lipinski definition) is 7. The van der Waals surface area contributed by atoms with Crippen molar-refractivity contribution >= 4 is 31.6 Å². The quantitative estimate of drug-likeness (QED) is 0.228. The van der Waals surface area contributed by atoms with Crippen LogP contribution in [0.15, 0.2) is 37.1 Å². The number of carbonyl (C=O) groups is 2. The largest absolute Gasteiger partial charge is 0.396 e. The molecular weight excluding hydrogens is 531 g/mol. The minimum absolute atomic E-state index is 0.0173. The Balaban J connectivity index is 1.49. The lowest BCUT2D eigenvalue weighted by Crippen LogP contribution is -2.45. The smallest absolute Gasteiger partial charge is 0.264 e. The van der Waals surface area contributed by atoms with Crippen molar-refractivity contribution < 1.29 is 23.5 Å². The predicted octanol–water partition coefficient (Wildman–Crippen LogP) is 2.90. The SMILES string of the molecule is C=CCN1C(=O)[C@@]2(O[C@@H](CCn3cc(CCO)nn3)[C@H]([Si](C)(C)F)[C@H]2C)c2cc(NC(=O)[C@H]3CCCN3)ccc21. The molecule has 4 heterocycles. The highest BCUT2D eigenvalue weighted by Gasteiger charge is 2.66. The van der Waals surface area contributed by atoms with Crippen LogP contribution in [-0.2, 0) is 32.9 Å². The highest BCUT2D eigenvalue weighted by Crippen LogP contribution is 2.60. The molecule has 2 aromatic rings. The number of benzene rings is 1. The standard InChI is InChI=1S/C28H39FN6O4Si/c1-5-13-35-23-9-8-19(31-26(37)22-7-6-12-30-22)16-21(23)28(27(35)38)18(2)25(40(3,4)29)24(39-28)10-14-34-17-20(11-15-36)32-33-34/h5,8-9,16-18,22,24-25,30,36H,1,6-7,10-15H2,2-4H3,(H,31,37)/t18-,22-,24+,25-,28+/m1/s1. The third-order valence-corrected chi connectivity index (χ3v) is 11.0. The number of anilines is 2. The fraction of sp³-hybridized carbons (Fsp3) is 0.571. The second-order valence-electron chi connectivity index (χ2n) is 11.6. The molecular formula is C28H39FN6O4Si. The summed E-state index contributed by atoms with van der Waals surface area (Å²) in [7, 11) is -3.31. The molecule has 2 amide bonds. The molecule has 5 atom stereocenters. The van der Waals surface area contributed by atoms with E-state index in [1.165, 1.54) is 0 Å². The zero-order chi connectivity index (χ0) is 28.7. The number of nitrogens with one attached hydrogen (secondary N) is 2. The van der Waals surface area contributed by atoms with Crippen LogP contribution >= 0.6 is 0 Å². The summed E-state index contributed by atoms with van der Waals surface area (Å²) >= 11 is 0. The molecule has 0 radical (unpaired) electrons.